The zero-order chi connectivity index (χ0) is 9.07. The van der Waals surface area contributed by atoms with Crippen molar-refractivity contribution in [3.63, 3.8) is 0 Å². The van der Waals surface area contributed by atoms with Crippen molar-refractivity contribution in [2.75, 3.05) is 6.17 Å². The molecule has 11 heavy (non-hydrogen) atoms. The Kier molecular flexibility index (Phi) is 3.75. The summed E-state index contributed by atoms with van der Waals surface area (Å²) in [7, 11) is -1.08. The predicted octanol–water partition coefficient (Wildman–Crippen LogP) is 0.327. The van der Waals surface area contributed by atoms with E-state index in [4.69, 9.17) is 5.73 Å². The monoisotopic (exact) mass is 174 g/mol. The highest BCUT2D eigenvalue weighted by Gasteiger charge is 2.15. The lowest BCUT2D eigenvalue weighted by molar-refractivity contribution is -0.119. The van der Waals surface area contributed by atoms with Crippen LogP contribution in [0.4, 0.5) is 0 Å². The van der Waals surface area contributed by atoms with E-state index < -0.39 is 8.07 Å². The van der Waals surface area contributed by atoms with E-state index in [1.165, 1.54) is 0 Å². The summed E-state index contributed by atoms with van der Waals surface area (Å²) < 4.78 is 0. The van der Waals surface area contributed by atoms with Crippen molar-refractivity contribution in [2.24, 2.45) is 5.73 Å². The summed E-state index contributed by atoms with van der Waals surface area (Å²) in [4.78, 5) is 10.6. The van der Waals surface area contributed by atoms with Gasteiger partial charge in [-0.1, -0.05) is 19.6 Å². The van der Waals surface area contributed by atoms with Crippen LogP contribution in [-0.2, 0) is 4.79 Å². The van der Waals surface area contributed by atoms with Crippen molar-refractivity contribution >= 4 is 14.0 Å². The number of hydrogen-bond acceptors (Lipinski definition) is 2. The van der Waals surface area contributed by atoms with Gasteiger partial charge in [-0.2, -0.15) is 0 Å². The van der Waals surface area contributed by atoms with Crippen LogP contribution in [0.5, 0.6) is 0 Å². The molecule has 0 rings (SSSR count). The fourth-order valence-electron chi connectivity index (χ4n) is 0.560. The van der Waals surface area contributed by atoms with Crippen LogP contribution in [0, 0.1) is 0 Å². The maximum absolute atomic E-state index is 10.6. The van der Waals surface area contributed by atoms with Gasteiger partial charge in [0.2, 0.25) is 5.91 Å². The lowest BCUT2D eigenvalue weighted by Gasteiger charge is -2.18. The first-order valence-electron chi connectivity index (χ1n) is 3.85. The number of hydrogen-bond donors (Lipinski definition) is 2. The molecule has 0 fully saturated rings. The highest BCUT2D eigenvalue weighted by molar-refractivity contribution is 6.76. The molecular formula is C7H18N2OSi. The first-order chi connectivity index (χ1) is 4.83. The molecule has 1 unspecified atom stereocenters. The smallest absolute Gasteiger partial charge is 0.234 e. The summed E-state index contributed by atoms with van der Waals surface area (Å²) in [5.41, 5.74) is 5.08. The van der Waals surface area contributed by atoms with Gasteiger partial charge in [0, 0.05) is 0 Å². The summed E-state index contributed by atoms with van der Waals surface area (Å²) in [5, 5.41) is 3.11. The lowest BCUT2D eigenvalue weighted by atomic mass is 10.3. The number of nitrogens with two attached hydrogens (primary N) is 1. The first kappa shape index (κ1) is 10.6. The Hall–Kier alpha value is -0.353. The second kappa shape index (κ2) is 3.87. The highest BCUT2D eigenvalue weighted by atomic mass is 28.3. The molecule has 1 amide bonds. The molecule has 3 N–H and O–H groups in total. The second-order valence-electron chi connectivity index (χ2n) is 4.07. The molecule has 0 heterocycles. The topological polar surface area (TPSA) is 55.1 Å². The van der Waals surface area contributed by atoms with Crippen molar-refractivity contribution in [3.05, 3.63) is 0 Å². The molecule has 0 saturated heterocycles. The molecule has 0 bridgehead atoms. The molecule has 3 nitrogen and oxygen atoms in total. The van der Waals surface area contributed by atoms with E-state index in [-0.39, 0.29) is 11.9 Å². The summed E-state index contributed by atoms with van der Waals surface area (Å²) >= 11 is 0. The second-order valence-corrected chi connectivity index (χ2v) is 9.54. The van der Waals surface area contributed by atoms with Crippen molar-refractivity contribution in [1.82, 2.24) is 5.32 Å². The third-order valence-corrected chi connectivity index (χ3v) is 2.63. The van der Waals surface area contributed by atoms with Crippen LogP contribution in [0.1, 0.15) is 6.92 Å². The van der Waals surface area contributed by atoms with E-state index in [0.717, 1.165) is 6.17 Å². The number of nitrogens with one attached hydrogen (secondary N) is 1. The number of primary amides is 1. The Bertz CT molecular complexity index is 142. The van der Waals surface area contributed by atoms with Crippen LogP contribution >= 0.6 is 0 Å². The van der Waals surface area contributed by atoms with E-state index >= 15 is 0 Å². The Labute approximate surface area is 69.4 Å². The molecule has 0 spiro atoms. The maximum Gasteiger partial charge on any atom is 0.234 e. The summed E-state index contributed by atoms with van der Waals surface area (Å²) in [6.07, 6.45) is 0.942. The van der Waals surface area contributed by atoms with E-state index in [2.05, 4.69) is 25.0 Å². The zero-order valence-corrected chi connectivity index (χ0v) is 8.77. The molecule has 0 radical (unpaired) electrons. The summed E-state index contributed by atoms with van der Waals surface area (Å²) in [5.74, 6) is -0.275. The van der Waals surface area contributed by atoms with Gasteiger partial charge in [-0.15, -0.1) is 0 Å². The first-order valence-corrected chi connectivity index (χ1v) is 7.56. The quantitative estimate of drug-likeness (QED) is 0.603. The molecule has 0 aromatic rings. The molecule has 0 aromatic carbocycles. The number of carbonyl (C=O) groups excluding carboxylic acids is 1. The van der Waals surface area contributed by atoms with Gasteiger partial charge in [-0.05, 0) is 13.1 Å². The van der Waals surface area contributed by atoms with Crippen LogP contribution in [0.3, 0.4) is 0 Å². The van der Waals surface area contributed by atoms with Gasteiger partial charge in [0.25, 0.3) is 0 Å². The van der Waals surface area contributed by atoms with E-state index in [1.54, 1.807) is 6.92 Å². The molecule has 1 atom stereocenters. The molecule has 4 heteroatoms. The molecular weight excluding hydrogens is 156 g/mol. The number of amides is 1. The average molecular weight is 174 g/mol. The minimum Gasteiger partial charge on any atom is -0.368 e. The third kappa shape index (κ3) is 6.06. The largest absolute Gasteiger partial charge is 0.368 e. The van der Waals surface area contributed by atoms with Gasteiger partial charge in [0.15, 0.2) is 0 Å². The molecule has 0 aliphatic rings. The summed E-state index contributed by atoms with van der Waals surface area (Å²) in [6.45, 7) is 8.53. The molecule has 0 aromatic heterocycles. The average Bonchev–Trinajstić information content (AvgIpc) is 1.80. The van der Waals surface area contributed by atoms with Gasteiger partial charge in [-0.25, -0.2) is 0 Å². The lowest BCUT2D eigenvalue weighted by Crippen LogP contribution is -2.46. The van der Waals surface area contributed by atoms with Gasteiger partial charge in [0.1, 0.15) is 0 Å². The molecule has 0 aliphatic carbocycles. The van der Waals surface area contributed by atoms with E-state index in [9.17, 15) is 4.79 Å². The van der Waals surface area contributed by atoms with Crippen LogP contribution in [0.15, 0.2) is 0 Å². The number of rotatable bonds is 4. The van der Waals surface area contributed by atoms with Crippen LogP contribution in [-0.4, -0.2) is 26.2 Å². The molecule has 0 saturated carbocycles. The minimum atomic E-state index is -1.08. The van der Waals surface area contributed by atoms with Crippen molar-refractivity contribution in [3.8, 4) is 0 Å². The highest BCUT2D eigenvalue weighted by Crippen LogP contribution is 1.97. The van der Waals surface area contributed by atoms with Crippen molar-refractivity contribution in [2.45, 2.75) is 32.6 Å². The predicted molar refractivity (Wildman–Crippen MR) is 50.0 cm³/mol. The molecule has 66 valence electrons. The third-order valence-electron chi connectivity index (χ3n) is 1.37. The van der Waals surface area contributed by atoms with E-state index in [0.29, 0.717) is 0 Å². The van der Waals surface area contributed by atoms with Crippen LogP contribution < -0.4 is 11.1 Å². The fourth-order valence-corrected chi connectivity index (χ4v) is 1.48. The van der Waals surface area contributed by atoms with Gasteiger partial charge < -0.3 is 11.1 Å². The van der Waals surface area contributed by atoms with Crippen molar-refractivity contribution < 1.29 is 4.79 Å². The standard InChI is InChI=1S/C7H18N2OSi/c1-6(7(8)10)9-5-11(2,3)4/h6,9H,5H2,1-4H3,(H2,8,10). The van der Waals surface area contributed by atoms with Gasteiger partial charge in [0.05, 0.1) is 14.1 Å². The Balaban J connectivity index is 3.63. The normalized spacial score (nSPS) is 14.5. The Morgan fingerprint density at radius 3 is 2.27 bits per heavy atom. The van der Waals surface area contributed by atoms with Crippen LogP contribution in [0.2, 0.25) is 19.6 Å². The Morgan fingerprint density at radius 1 is 1.55 bits per heavy atom. The Morgan fingerprint density at radius 2 is 2.00 bits per heavy atom. The van der Waals surface area contributed by atoms with E-state index in [1.807, 2.05) is 0 Å². The van der Waals surface area contributed by atoms with Gasteiger partial charge in [-0.3, -0.25) is 4.79 Å². The summed E-state index contributed by atoms with van der Waals surface area (Å²) in [6, 6.07) is -0.193. The maximum atomic E-state index is 10.6. The van der Waals surface area contributed by atoms with Crippen LogP contribution in [0.25, 0.3) is 0 Å². The fraction of sp³-hybridized carbons (Fsp3) is 0.857. The van der Waals surface area contributed by atoms with Crippen molar-refractivity contribution in [1.29, 1.82) is 0 Å². The molecule has 0 aliphatic heterocycles. The SMILES string of the molecule is CC(NC[Si](C)(C)C)C(N)=O. The van der Waals surface area contributed by atoms with Gasteiger partial charge >= 0.3 is 0 Å². The zero-order valence-electron chi connectivity index (χ0n) is 7.77. The minimum absolute atomic E-state index is 0.193. The number of carbonyl (C=O) groups is 1.